The van der Waals surface area contributed by atoms with E-state index in [2.05, 4.69) is 26.3 Å². The topological polar surface area (TPSA) is 73.8 Å². The van der Waals surface area contributed by atoms with E-state index in [-0.39, 0.29) is 5.76 Å². The van der Waals surface area contributed by atoms with Crippen LogP contribution in [0.3, 0.4) is 0 Å². The average molecular weight is 384 g/mol. The van der Waals surface area contributed by atoms with Gasteiger partial charge in [-0.2, -0.15) is 0 Å². The van der Waals surface area contributed by atoms with Crippen LogP contribution in [0.15, 0.2) is 73.2 Å². The maximum absolute atomic E-state index is 10.4. The normalized spacial score (nSPS) is 11.9. The second-order valence-corrected chi connectivity index (χ2v) is 7.47. The number of hydrogen-bond acceptors (Lipinski definition) is 5. The molecule has 5 rings (SSSR count). The van der Waals surface area contributed by atoms with Crippen LogP contribution in [0.5, 0.6) is 0 Å². The lowest BCUT2D eigenvalue weighted by Gasteiger charge is -2.06. The molecule has 0 amide bonds. The first-order valence-electron chi connectivity index (χ1n) is 8.81. The van der Waals surface area contributed by atoms with Crippen molar-refractivity contribution in [2.45, 2.75) is 0 Å². The Bertz CT molecular complexity index is 1300. The van der Waals surface area contributed by atoms with Crippen molar-refractivity contribution in [1.82, 2.24) is 15.0 Å². The zero-order chi connectivity index (χ0) is 18.9. The van der Waals surface area contributed by atoms with E-state index in [0.717, 1.165) is 43.1 Å². The number of anilines is 2. The number of benzene rings is 2. The molecule has 0 aliphatic rings. The van der Waals surface area contributed by atoms with Gasteiger partial charge in [0.2, 0.25) is 0 Å². The molecule has 0 atom stereocenters. The molecular weight excluding hydrogens is 368 g/mol. The Labute approximate surface area is 165 Å². The third-order valence-corrected chi connectivity index (χ3v) is 5.57. The number of H-pyrrole nitrogens is 1. The third-order valence-electron chi connectivity index (χ3n) is 4.49. The van der Waals surface area contributed by atoms with Crippen LogP contribution in [0.2, 0.25) is 0 Å². The van der Waals surface area contributed by atoms with Crippen molar-refractivity contribution in [2.24, 2.45) is 0 Å². The number of fused-ring (bicyclic) bond motifs is 2. The Balaban J connectivity index is 1.50. The van der Waals surface area contributed by atoms with Crippen molar-refractivity contribution in [1.29, 1.82) is 0 Å². The summed E-state index contributed by atoms with van der Waals surface area (Å²) in [5.41, 5.74) is 3.68. The van der Waals surface area contributed by atoms with Gasteiger partial charge in [0.1, 0.15) is 12.1 Å². The van der Waals surface area contributed by atoms with Crippen LogP contribution >= 0.6 is 11.3 Å². The van der Waals surface area contributed by atoms with Crippen LogP contribution in [-0.2, 0) is 0 Å². The van der Waals surface area contributed by atoms with Crippen molar-refractivity contribution in [3.63, 3.8) is 0 Å². The molecule has 0 bridgehead atoms. The zero-order valence-electron chi connectivity index (χ0n) is 14.8. The van der Waals surface area contributed by atoms with E-state index in [9.17, 15) is 5.11 Å². The minimum atomic E-state index is 0.229. The van der Waals surface area contributed by atoms with Gasteiger partial charge in [-0.3, -0.25) is 0 Å². The number of rotatable bonds is 4. The largest absolute Gasteiger partial charge is 0.507 e. The first kappa shape index (κ1) is 16.5. The van der Waals surface area contributed by atoms with Crippen molar-refractivity contribution in [2.75, 3.05) is 5.32 Å². The Hall–Kier alpha value is -3.64. The van der Waals surface area contributed by atoms with E-state index in [4.69, 9.17) is 0 Å². The maximum Gasteiger partial charge on any atom is 0.151 e. The first-order valence-corrected chi connectivity index (χ1v) is 9.63. The molecule has 0 saturated carbocycles. The summed E-state index contributed by atoms with van der Waals surface area (Å²) >= 11 is 1.54. The number of aromatic amines is 1. The molecule has 6 heteroatoms. The third kappa shape index (κ3) is 3.10. The predicted molar refractivity (Wildman–Crippen MR) is 116 cm³/mol. The highest BCUT2D eigenvalue weighted by atomic mass is 32.1. The van der Waals surface area contributed by atoms with E-state index in [0.29, 0.717) is 0 Å². The van der Waals surface area contributed by atoms with Crippen LogP contribution in [0.4, 0.5) is 11.5 Å². The molecule has 3 heterocycles. The molecule has 0 fully saturated rings. The zero-order valence-corrected chi connectivity index (χ0v) is 15.6. The van der Waals surface area contributed by atoms with Gasteiger partial charge in [0.15, 0.2) is 5.82 Å². The van der Waals surface area contributed by atoms with Gasteiger partial charge in [0.05, 0.1) is 10.2 Å². The summed E-state index contributed by atoms with van der Waals surface area (Å²) in [6.45, 7) is 0. The Morgan fingerprint density at radius 2 is 1.93 bits per heavy atom. The molecule has 3 aromatic heterocycles. The van der Waals surface area contributed by atoms with E-state index in [1.165, 1.54) is 0 Å². The number of thiophene rings is 1. The lowest BCUT2D eigenvalue weighted by Crippen LogP contribution is -1.94. The second kappa shape index (κ2) is 6.83. The van der Waals surface area contributed by atoms with E-state index < -0.39 is 0 Å². The fraction of sp³-hybridized carbons (Fsp3) is 0. The summed E-state index contributed by atoms with van der Waals surface area (Å²) in [5.74, 6) is 0.983. The molecule has 0 unspecified atom stereocenters. The molecule has 5 aromatic rings. The monoisotopic (exact) mass is 384 g/mol. The highest BCUT2D eigenvalue weighted by Gasteiger charge is 2.10. The maximum atomic E-state index is 10.4. The van der Waals surface area contributed by atoms with Crippen LogP contribution in [0.1, 0.15) is 10.4 Å². The summed E-state index contributed by atoms with van der Waals surface area (Å²) in [6.07, 6.45) is 5.24. The summed E-state index contributed by atoms with van der Waals surface area (Å²) in [4.78, 5) is 12.9. The summed E-state index contributed by atoms with van der Waals surface area (Å²) < 4.78 is 0.948. The SMILES string of the molecule is O/C(=C/c1cc2ncnc(Nc3ccc4[nH]ccc4c3)c2s1)c1ccccc1. The molecule has 136 valence electrons. The van der Waals surface area contributed by atoms with Gasteiger partial charge in [-0.15, -0.1) is 11.3 Å². The molecule has 0 aliphatic heterocycles. The van der Waals surface area contributed by atoms with Gasteiger partial charge in [0.25, 0.3) is 0 Å². The van der Waals surface area contributed by atoms with Gasteiger partial charge < -0.3 is 15.4 Å². The number of nitrogens with one attached hydrogen (secondary N) is 2. The number of nitrogens with zero attached hydrogens (tertiary/aromatic N) is 2. The lowest BCUT2D eigenvalue weighted by atomic mass is 10.2. The first-order chi connectivity index (χ1) is 13.8. The Kier molecular flexibility index (Phi) is 4.03. The molecular formula is C22H16N4OS. The quantitative estimate of drug-likeness (QED) is 0.334. The minimum Gasteiger partial charge on any atom is -0.507 e. The van der Waals surface area contributed by atoms with Crippen molar-refractivity contribution in [3.8, 4) is 0 Å². The highest BCUT2D eigenvalue weighted by molar-refractivity contribution is 7.20. The van der Waals surface area contributed by atoms with E-state index >= 15 is 0 Å². The van der Waals surface area contributed by atoms with Gasteiger partial charge >= 0.3 is 0 Å². The van der Waals surface area contributed by atoms with Crippen molar-refractivity contribution in [3.05, 3.63) is 83.6 Å². The standard InChI is InChI=1S/C22H16N4OS/c27-20(14-4-2-1-3-5-14)12-17-11-19-21(28-17)22(25-13-24-19)26-16-6-7-18-15(10-16)8-9-23-18/h1-13,23,27H,(H,24,25,26)/b20-12+. The predicted octanol–water partition coefficient (Wildman–Crippen LogP) is 5.97. The Morgan fingerprint density at radius 3 is 2.82 bits per heavy atom. The molecule has 0 spiro atoms. The lowest BCUT2D eigenvalue weighted by molar-refractivity contribution is 0.515. The molecule has 0 aliphatic carbocycles. The van der Waals surface area contributed by atoms with Crippen molar-refractivity contribution < 1.29 is 5.11 Å². The summed E-state index contributed by atoms with van der Waals surface area (Å²) in [7, 11) is 0. The summed E-state index contributed by atoms with van der Waals surface area (Å²) in [6, 6.07) is 19.6. The smallest absolute Gasteiger partial charge is 0.151 e. The van der Waals surface area contributed by atoms with Gasteiger partial charge in [0, 0.05) is 33.2 Å². The summed E-state index contributed by atoms with van der Waals surface area (Å²) in [5, 5.41) is 14.9. The van der Waals surface area contributed by atoms with Gasteiger partial charge in [-0.25, -0.2) is 9.97 Å². The fourth-order valence-corrected chi connectivity index (χ4v) is 4.12. The second-order valence-electron chi connectivity index (χ2n) is 6.39. The van der Waals surface area contributed by atoms with Crippen LogP contribution in [0, 0.1) is 0 Å². The fourth-order valence-electron chi connectivity index (χ4n) is 3.13. The molecule has 3 N–H and O–H groups in total. The molecule has 0 radical (unpaired) electrons. The van der Waals surface area contributed by atoms with Gasteiger partial charge in [-0.05, 0) is 36.4 Å². The van der Waals surface area contributed by atoms with Crippen molar-refractivity contribution >= 4 is 55.8 Å². The number of hydrogen-bond donors (Lipinski definition) is 3. The highest BCUT2D eigenvalue weighted by Crippen LogP contribution is 2.33. The molecule has 2 aromatic carbocycles. The van der Waals surface area contributed by atoms with E-state index in [1.54, 1.807) is 23.7 Å². The molecule has 28 heavy (non-hydrogen) atoms. The number of aliphatic hydroxyl groups is 1. The van der Waals surface area contributed by atoms with E-state index in [1.807, 2.05) is 60.8 Å². The van der Waals surface area contributed by atoms with Gasteiger partial charge in [-0.1, -0.05) is 30.3 Å². The average Bonchev–Trinajstić information content (AvgIpc) is 3.35. The van der Waals surface area contributed by atoms with Crippen LogP contribution in [-0.4, -0.2) is 20.1 Å². The number of aliphatic hydroxyl groups excluding tert-OH is 1. The molecule has 5 nitrogen and oxygen atoms in total. The minimum absolute atomic E-state index is 0.229. The number of aromatic nitrogens is 3. The molecule has 0 saturated heterocycles. The van der Waals surface area contributed by atoms with Crippen LogP contribution < -0.4 is 5.32 Å². The Morgan fingerprint density at radius 1 is 1.04 bits per heavy atom. The van der Waals surface area contributed by atoms with Crippen LogP contribution in [0.25, 0.3) is 33.0 Å².